The molecule has 136 valence electrons. The van der Waals surface area contributed by atoms with E-state index in [1.54, 1.807) is 18.2 Å². The molecule has 2 aromatic carbocycles. The number of hydrogen-bond acceptors (Lipinski definition) is 5. The first-order valence-corrected chi connectivity index (χ1v) is 8.23. The van der Waals surface area contributed by atoms with Gasteiger partial charge >= 0.3 is 0 Å². The molecule has 0 atom stereocenters. The fraction of sp³-hybridized carbons (Fsp3) is 0.150. The molecule has 0 heterocycles. The highest BCUT2D eigenvalue weighted by atomic mass is 35.5. The Balaban J connectivity index is 2.29. The highest BCUT2D eigenvalue weighted by molar-refractivity contribution is 6.32. The van der Waals surface area contributed by atoms with E-state index in [9.17, 15) is 10.1 Å². The second kappa shape index (κ2) is 9.28. The van der Waals surface area contributed by atoms with Gasteiger partial charge in [-0.15, -0.1) is 0 Å². The Kier molecular flexibility index (Phi) is 6.82. The molecule has 0 radical (unpaired) electrons. The maximum Gasteiger partial charge on any atom is 0.266 e. The van der Waals surface area contributed by atoms with Crippen LogP contribution in [0.15, 0.2) is 42.0 Å². The quantitative estimate of drug-likeness (QED) is 0.600. The fourth-order valence-corrected chi connectivity index (χ4v) is 2.49. The van der Waals surface area contributed by atoms with Crippen LogP contribution in [0.1, 0.15) is 11.1 Å². The molecule has 0 saturated carbocycles. The van der Waals surface area contributed by atoms with Crippen molar-refractivity contribution < 1.29 is 14.3 Å². The summed E-state index contributed by atoms with van der Waals surface area (Å²) < 4.78 is 10.5. The average Bonchev–Trinajstić information content (AvgIpc) is 2.66. The number of rotatable bonds is 6. The Bertz CT molecular complexity index is 954. The lowest BCUT2D eigenvalue weighted by atomic mass is 10.1. The van der Waals surface area contributed by atoms with E-state index < -0.39 is 5.91 Å². The number of benzene rings is 2. The van der Waals surface area contributed by atoms with Crippen LogP contribution in [0.3, 0.4) is 0 Å². The molecule has 0 fully saturated rings. The molecule has 0 saturated heterocycles. The molecule has 0 unspecified atom stereocenters. The molecule has 0 aromatic heterocycles. The molecule has 27 heavy (non-hydrogen) atoms. The van der Waals surface area contributed by atoms with E-state index in [4.69, 9.17) is 26.3 Å². The van der Waals surface area contributed by atoms with Crippen molar-refractivity contribution in [2.45, 2.75) is 6.92 Å². The van der Waals surface area contributed by atoms with Crippen LogP contribution in [0, 0.1) is 29.6 Å². The number of nitriles is 2. The average molecular weight is 382 g/mol. The molecule has 1 amide bonds. The van der Waals surface area contributed by atoms with Crippen molar-refractivity contribution in [3.05, 3.63) is 58.1 Å². The van der Waals surface area contributed by atoms with Gasteiger partial charge in [-0.05, 0) is 42.8 Å². The van der Waals surface area contributed by atoms with Crippen molar-refractivity contribution in [3.8, 4) is 23.6 Å². The summed E-state index contributed by atoms with van der Waals surface area (Å²) in [4.78, 5) is 12.4. The van der Waals surface area contributed by atoms with Gasteiger partial charge in [0.15, 0.2) is 18.1 Å². The second-order valence-electron chi connectivity index (χ2n) is 5.47. The van der Waals surface area contributed by atoms with Gasteiger partial charge in [0, 0.05) is 5.69 Å². The van der Waals surface area contributed by atoms with E-state index in [2.05, 4.69) is 5.32 Å². The summed E-state index contributed by atoms with van der Waals surface area (Å²) in [5.41, 5.74) is 2.03. The van der Waals surface area contributed by atoms with Crippen LogP contribution in [0.2, 0.25) is 5.02 Å². The number of nitrogens with zero attached hydrogens (tertiary/aromatic N) is 2. The van der Waals surface area contributed by atoms with E-state index in [1.807, 2.05) is 31.2 Å². The van der Waals surface area contributed by atoms with E-state index in [0.717, 1.165) is 5.56 Å². The summed E-state index contributed by atoms with van der Waals surface area (Å²) in [6.45, 7) is 1.75. The lowest BCUT2D eigenvalue weighted by Gasteiger charge is -2.11. The summed E-state index contributed by atoms with van der Waals surface area (Å²) >= 11 is 6.17. The van der Waals surface area contributed by atoms with Crippen LogP contribution in [0.5, 0.6) is 11.5 Å². The van der Waals surface area contributed by atoms with E-state index in [1.165, 1.54) is 19.3 Å². The van der Waals surface area contributed by atoms with Crippen molar-refractivity contribution in [2.24, 2.45) is 0 Å². The summed E-state index contributed by atoms with van der Waals surface area (Å²) in [5, 5.41) is 20.8. The van der Waals surface area contributed by atoms with Crippen molar-refractivity contribution in [1.29, 1.82) is 10.5 Å². The Morgan fingerprint density at radius 3 is 2.56 bits per heavy atom. The van der Waals surface area contributed by atoms with Crippen molar-refractivity contribution in [1.82, 2.24) is 0 Å². The number of nitrogens with one attached hydrogen (secondary N) is 1. The lowest BCUT2D eigenvalue weighted by Crippen LogP contribution is -2.13. The largest absolute Gasteiger partial charge is 0.493 e. The minimum absolute atomic E-state index is 0.0978. The lowest BCUT2D eigenvalue weighted by molar-refractivity contribution is -0.112. The SMILES string of the molecule is COc1cc(/C=C(\C#N)C(=O)Nc2ccc(C)cc2)cc(Cl)c1OCC#N. The standard InChI is InChI=1S/C20H16ClN3O3/c1-13-3-5-16(6-4-13)24-20(25)15(12-23)9-14-10-17(21)19(27-8-7-22)18(11-14)26-2/h3-6,9-11H,8H2,1-2H3,(H,24,25)/b15-9+. The third-order valence-electron chi connectivity index (χ3n) is 3.52. The monoisotopic (exact) mass is 381 g/mol. The third-order valence-corrected chi connectivity index (χ3v) is 3.80. The second-order valence-corrected chi connectivity index (χ2v) is 5.88. The number of carbonyl (C=O) groups excluding carboxylic acids is 1. The summed E-state index contributed by atoms with van der Waals surface area (Å²) in [7, 11) is 1.42. The Morgan fingerprint density at radius 2 is 1.96 bits per heavy atom. The molecular weight excluding hydrogens is 366 g/mol. The zero-order valence-corrected chi connectivity index (χ0v) is 15.5. The first-order valence-electron chi connectivity index (χ1n) is 7.85. The molecule has 7 heteroatoms. The van der Waals surface area contributed by atoms with Crippen molar-refractivity contribution in [2.75, 3.05) is 19.0 Å². The molecule has 0 bridgehead atoms. The molecular formula is C20H16ClN3O3. The Hall–Kier alpha value is -3.48. The highest BCUT2D eigenvalue weighted by Gasteiger charge is 2.14. The van der Waals surface area contributed by atoms with Gasteiger partial charge in [0.05, 0.1) is 12.1 Å². The Labute approximate surface area is 162 Å². The molecule has 2 aromatic rings. The minimum atomic E-state index is -0.541. The zero-order chi connectivity index (χ0) is 19.8. The van der Waals surface area contributed by atoms with E-state index in [0.29, 0.717) is 17.0 Å². The van der Waals surface area contributed by atoms with Gasteiger partial charge in [-0.3, -0.25) is 4.79 Å². The van der Waals surface area contributed by atoms with Gasteiger partial charge in [-0.1, -0.05) is 29.3 Å². The predicted octanol–water partition coefficient (Wildman–Crippen LogP) is 4.11. The van der Waals surface area contributed by atoms with Crippen molar-refractivity contribution >= 4 is 29.3 Å². The smallest absolute Gasteiger partial charge is 0.266 e. The molecule has 2 rings (SSSR count). The normalized spacial score (nSPS) is 10.5. The predicted molar refractivity (Wildman–Crippen MR) is 103 cm³/mol. The Morgan fingerprint density at radius 1 is 1.26 bits per heavy atom. The molecule has 0 aliphatic carbocycles. The number of anilines is 1. The number of ether oxygens (including phenoxy) is 2. The third kappa shape index (κ3) is 5.24. The number of amides is 1. The summed E-state index contributed by atoms with van der Waals surface area (Å²) in [5.74, 6) is -0.0260. The topological polar surface area (TPSA) is 95.1 Å². The van der Waals surface area contributed by atoms with Crippen LogP contribution >= 0.6 is 11.6 Å². The number of methoxy groups -OCH3 is 1. The van der Waals surface area contributed by atoms with Gasteiger partial charge in [-0.2, -0.15) is 10.5 Å². The molecule has 6 nitrogen and oxygen atoms in total. The van der Waals surface area contributed by atoms with Crippen LogP contribution in [0.25, 0.3) is 6.08 Å². The van der Waals surface area contributed by atoms with Gasteiger partial charge in [0.2, 0.25) is 0 Å². The maximum absolute atomic E-state index is 12.4. The van der Waals surface area contributed by atoms with Gasteiger partial charge in [0.25, 0.3) is 5.91 Å². The number of carbonyl (C=O) groups is 1. The number of aryl methyl sites for hydroxylation is 1. The van der Waals surface area contributed by atoms with Crippen LogP contribution in [0.4, 0.5) is 5.69 Å². The zero-order valence-electron chi connectivity index (χ0n) is 14.7. The number of halogens is 1. The van der Waals surface area contributed by atoms with Crippen LogP contribution in [-0.2, 0) is 4.79 Å². The minimum Gasteiger partial charge on any atom is -0.493 e. The highest BCUT2D eigenvalue weighted by Crippen LogP contribution is 2.37. The summed E-state index contributed by atoms with van der Waals surface area (Å²) in [6, 6.07) is 14.0. The first-order chi connectivity index (χ1) is 13.0. The van der Waals surface area contributed by atoms with E-state index >= 15 is 0 Å². The molecule has 0 aliphatic heterocycles. The maximum atomic E-state index is 12.4. The number of hydrogen-bond donors (Lipinski definition) is 1. The summed E-state index contributed by atoms with van der Waals surface area (Å²) in [6.07, 6.45) is 1.39. The molecule has 0 aliphatic rings. The van der Waals surface area contributed by atoms with E-state index in [-0.39, 0.29) is 23.0 Å². The van der Waals surface area contributed by atoms with Crippen molar-refractivity contribution in [3.63, 3.8) is 0 Å². The van der Waals surface area contributed by atoms with Gasteiger partial charge in [-0.25, -0.2) is 0 Å². The van der Waals surface area contributed by atoms with Crippen LogP contribution in [-0.4, -0.2) is 19.6 Å². The van der Waals surface area contributed by atoms with Crippen LogP contribution < -0.4 is 14.8 Å². The van der Waals surface area contributed by atoms with Gasteiger partial charge < -0.3 is 14.8 Å². The molecule has 0 spiro atoms. The van der Waals surface area contributed by atoms with Gasteiger partial charge in [0.1, 0.15) is 17.7 Å². The first kappa shape index (κ1) is 19.8. The molecule has 1 N–H and O–H groups in total. The fourth-order valence-electron chi connectivity index (χ4n) is 2.22.